The van der Waals surface area contributed by atoms with E-state index in [0.717, 1.165) is 24.3 Å². The lowest BCUT2D eigenvalue weighted by atomic mass is 10.1. The third kappa shape index (κ3) is 3.90. The molecule has 0 spiro atoms. The Labute approximate surface area is 119 Å². The molecule has 0 bridgehead atoms. The van der Waals surface area contributed by atoms with Crippen LogP contribution in [-0.4, -0.2) is 17.9 Å². The third-order valence-electron chi connectivity index (χ3n) is 3.05. The average Bonchev–Trinajstić information content (AvgIpc) is 2.49. The number of nitrogens with zero attached hydrogens (tertiary/aromatic N) is 1. The molecule has 0 aliphatic carbocycles. The highest BCUT2D eigenvalue weighted by Crippen LogP contribution is 2.05. The Kier molecular flexibility index (Phi) is 4.85. The second kappa shape index (κ2) is 6.82. The Morgan fingerprint density at radius 2 is 1.85 bits per heavy atom. The molecule has 0 saturated heterocycles. The van der Waals surface area contributed by atoms with Crippen molar-refractivity contribution in [1.29, 1.82) is 0 Å². The van der Waals surface area contributed by atoms with Gasteiger partial charge in [-0.3, -0.25) is 9.78 Å². The van der Waals surface area contributed by atoms with E-state index in [1.54, 1.807) is 7.05 Å². The first-order chi connectivity index (χ1) is 9.69. The van der Waals surface area contributed by atoms with Gasteiger partial charge in [-0.2, -0.15) is 0 Å². The summed E-state index contributed by atoms with van der Waals surface area (Å²) in [5, 5.41) is 5.94. The Bertz CT molecular complexity index is 561. The van der Waals surface area contributed by atoms with Gasteiger partial charge in [-0.05, 0) is 36.2 Å². The van der Waals surface area contributed by atoms with Gasteiger partial charge in [0, 0.05) is 31.9 Å². The van der Waals surface area contributed by atoms with Crippen LogP contribution in [0.4, 0.5) is 0 Å². The van der Waals surface area contributed by atoms with E-state index in [4.69, 9.17) is 0 Å². The lowest BCUT2D eigenvalue weighted by molar-refractivity contribution is 0.0963. The summed E-state index contributed by atoms with van der Waals surface area (Å²) >= 11 is 0. The number of carbonyl (C=O) groups excluding carboxylic acids is 1. The smallest absolute Gasteiger partial charge is 0.251 e. The molecule has 1 amide bonds. The zero-order valence-electron chi connectivity index (χ0n) is 11.8. The highest BCUT2D eigenvalue weighted by atomic mass is 16.1. The van der Waals surface area contributed by atoms with Crippen LogP contribution in [0, 0.1) is 6.92 Å². The summed E-state index contributed by atoms with van der Waals surface area (Å²) in [4.78, 5) is 15.8. The summed E-state index contributed by atoms with van der Waals surface area (Å²) in [6.45, 7) is 3.51. The molecule has 1 aromatic carbocycles. The topological polar surface area (TPSA) is 54.0 Å². The molecular weight excluding hydrogens is 250 g/mol. The van der Waals surface area contributed by atoms with Crippen LogP contribution in [0.25, 0.3) is 0 Å². The van der Waals surface area contributed by atoms with Crippen molar-refractivity contribution >= 4 is 5.91 Å². The minimum atomic E-state index is -0.0617. The van der Waals surface area contributed by atoms with E-state index >= 15 is 0 Å². The monoisotopic (exact) mass is 269 g/mol. The molecule has 20 heavy (non-hydrogen) atoms. The van der Waals surface area contributed by atoms with E-state index in [0.29, 0.717) is 5.56 Å². The van der Waals surface area contributed by atoms with Crippen LogP contribution in [0.3, 0.4) is 0 Å². The normalized spacial score (nSPS) is 10.3. The second-order valence-electron chi connectivity index (χ2n) is 4.71. The SMILES string of the molecule is CNC(=O)c1ccc(CNCc2ccc(C)cn2)cc1. The lowest BCUT2D eigenvalue weighted by Crippen LogP contribution is -2.18. The van der Waals surface area contributed by atoms with Gasteiger partial charge in [0.25, 0.3) is 5.91 Å². The molecule has 1 aromatic heterocycles. The van der Waals surface area contributed by atoms with Crippen LogP contribution in [0.15, 0.2) is 42.6 Å². The van der Waals surface area contributed by atoms with Gasteiger partial charge in [-0.1, -0.05) is 18.2 Å². The number of hydrogen-bond donors (Lipinski definition) is 2. The number of hydrogen-bond acceptors (Lipinski definition) is 3. The zero-order valence-corrected chi connectivity index (χ0v) is 11.8. The summed E-state index contributed by atoms with van der Waals surface area (Å²) in [7, 11) is 1.63. The summed E-state index contributed by atoms with van der Waals surface area (Å²) in [5.74, 6) is -0.0617. The van der Waals surface area contributed by atoms with E-state index in [1.165, 1.54) is 5.56 Å². The van der Waals surface area contributed by atoms with Gasteiger partial charge in [-0.25, -0.2) is 0 Å². The average molecular weight is 269 g/mol. The van der Waals surface area contributed by atoms with E-state index in [-0.39, 0.29) is 5.91 Å². The molecule has 104 valence electrons. The maximum absolute atomic E-state index is 11.4. The van der Waals surface area contributed by atoms with Gasteiger partial charge < -0.3 is 10.6 Å². The predicted octanol–water partition coefficient (Wildman–Crippen LogP) is 2.04. The number of nitrogens with one attached hydrogen (secondary N) is 2. The first-order valence-electron chi connectivity index (χ1n) is 6.62. The maximum atomic E-state index is 11.4. The number of benzene rings is 1. The van der Waals surface area contributed by atoms with Crippen molar-refractivity contribution in [3.05, 3.63) is 65.0 Å². The molecule has 0 aliphatic heterocycles. The zero-order chi connectivity index (χ0) is 14.4. The number of carbonyl (C=O) groups is 1. The van der Waals surface area contributed by atoms with Crippen molar-refractivity contribution in [2.75, 3.05) is 7.05 Å². The summed E-state index contributed by atoms with van der Waals surface area (Å²) < 4.78 is 0. The molecule has 0 unspecified atom stereocenters. The molecule has 0 radical (unpaired) electrons. The van der Waals surface area contributed by atoms with Crippen molar-refractivity contribution in [3.8, 4) is 0 Å². The van der Waals surface area contributed by atoms with Crippen molar-refractivity contribution in [3.63, 3.8) is 0 Å². The van der Waals surface area contributed by atoms with Crippen molar-refractivity contribution in [1.82, 2.24) is 15.6 Å². The predicted molar refractivity (Wildman–Crippen MR) is 79.3 cm³/mol. The molecule has 0 atom stereocenters. The summed E-state index contributed by atoms with van der Waals surface area (Å²) in [5.41, 5.74) is 4.01. The lowest BCUT2D eigenvalue weighted by Gasteiger charge is -2.06. The van der Waals surface area contributed by atoms with Crippen LogP contribution in [-0.2, 0) is 13.1 Å². The van der Waals surface area contributed by atoms with E-state index in [9.17, 15) is 4.79 Å². The van der Waals surface area contributed by atoms with Gasteiger partial charge >= 0.3 is 0 Å². The van der Waals surface area contributed by atoms with Crippen LogP contribution < -0.4 is 10.6 Å². The molecule has 1 heterocycles. The largest absolute Gasteiger partial charge is 0.355 e. The molecular formula is C16H19N3O. The molecule has 2 N–H and O–H groups in total. The van der Waals surface area contributed by atoms with Gasteiger partial charge in [0.1, 0.15) is 0 Å². The maximum Gasteiger partial charge on any atom is 0.251 e. The van der Waals surface area contributed by atoms with Crippen LogP contribution in [0.2, 0.25) is 0 Å². The fourth-order valence-corrected chi connectivity index (χ4v) is 1.86. The van der Waals surface area contributed by atoms with Gasteiger partial charge in [-0.15, -0.1) is 0 Å². The Morgan fingerprint density at radius 1 is 1.10 bits per heavy atom. The number of aryl methyl sites for hydroxylation is 1. The number of pyridine rings is 1. The second-order valence-corrected chi connectivity index (χ2v) is 4.71. The van der Waals surface area contributed by atoms with E-state index < -0.39 is 0 Å². The molecule has 0 fully saturated rings. The first-order valence-corrected chi connectivity index (χ1v) is 6.62. The first kappa shape index (κ1) is 14.2. The number of rotatable bonds is 5. The van der Waals surface area contributed by atoms with Gasteiger partial charge in [0.15, 0.2) is 0 Å². The standard InChI is InChI=1S/C16H19N3O/c1-12-3-8-15(19-9-12)11-18-10-13-4-6-14(7-5-13)16(20)17-2/h3-9,18H,10-11H2,1-2H3,(H,17,20). The Morgan fingerprint density at radius 3 is 2.45 bits per heavy atom. The van der Waals surface area contributed by atoms with Crippen LogP contribution in [0.5, 0.6) is 0 Å². The summed E-state index contributed by atoms with van der Waals surface area (Å²) in [6, 6.07) is 11.7. The highest BCUT2D eigenvalue weighted by molar-refractivity contribution is 5.93. The van der Waals surface area contributed by atoms with E-state index in [1.807, 2.05) is 43.5 Å². The number of amides is 1. The Balaban J connectivity index is 1.85. The minimum absolute atomic E-state index is 0.0617. The molecule has 4 heteroatoms. The van der Waals surface area contributed by atoms with Crippen LogP contribution >= 0.6 is 0 Å². The fraction of sp³-hybridized carbons (Fsp3) is 0.250. The van der Waals surface area contributed by atoms with Gasteiger partial charge in [0.05, 0.1) is 5.69 Å². The third-order valence-corrected chi connectivity index (χ3v) is 3.05. The number of aromatic nitrogens is 1. The van der Waals surface area contributed by atoms with Crippen molar-refractivity contribution in [2.45, 2.75) is 20.0 Å². The molecule has 0 aliphatic rings. The van der Waals surface area contributed by atoms with Crippen molar-refractivity contribution < 1.29 is 4.79 Å². The van der Waals surface area contributed by atoms with Gasteiger partial charge in [0.2, 0.25) is 0 Å². The molecule has 2 aromatic rings. The molecule has 4 nitrogen and oxygen atoms in total. The molecule has 2 rings (SSSR count). The quantitative estimate of drug-likeness (QED) is 0.873. The Hall–Kier alpha value is -2.20. The minimum Gasteiger partial charge on any atom is -0.355 e. The van der Waals surface area contributed by atoms with E-state index in [2.05, 4.69) is 21.7 Å². The highest BCUT2D eigenvalue weighted by Gasteiger charge is 2.02. The van der Waals surface area contributed by atoms with Crippen LogP contribution in [0.1, 0.15) is 27.2 Å². The molecule has 0 saturated carbocycles. The fourth-order valence-electron chi connectivity index (χ4n) is 1.86. The summed E-state index contributed by atoms with van der Waals surface area (Å²) in [6.07, 6.45) is 1.87. The van der Waals surface area contributed by atoms with Crippen molar-refractivity contribution in [2.24, 2.45) is 0 Å².